The number of ether oxygens (including phenoxy) is 1. The van der Waals surface area contributed by atoms with Crippen LogP contribution in [0.25, 0.3) is 11.3 Å². The fraction of sp³-hybridized carbons (Fsp3) is 0.438. The topological polar surface area (TPSA) is 53.1 Å². The predicted octanol–water partition coefficient (Wildman–Crippen LogP) is 4.01. The molecule has 1 heterocycles. The lowest BCUT2D eigenvalue weighted by molar-refractivity contribution is 0.415. The van der Waals surface area contributed by atoms with E-state index < -0.39 is 0 Å². The van der Waals surface area contributed by atoms with Crippen molar-refractivity contribution in [1.82, 2.24) is 9.55 Å². The maximum atomic E-state index is 6.31. The Kier molecular flexibility index (Phi) is 4.78. The number of hydrogen-bond donors (Lipinski definition) is 1. The van der Waals surface area contributed by atoms with E-state index in [0.717, 1.165) is 30.0 Å². The maximum absolute atomic E-state index is 6.31. The molecule has 2 rings (SSSR count). The predicted molar refractivity (Wildman–Crippen MR) is 87.9 cm³/mol. The minimum atomic E-state index is 0.513. The second-order valence-corrected chi connectivity index (χ2v) is 5.88. The molecule has 0 saturated carbocycles. The van der Waals surface area contributed by atoms with Crippen LogP contribution in [0.3, 0.4) is 0 Å². The summed E-state index contributed by atoms with van der Waals surface area (Å²) >= 11 is 6.20. The van der Waals surface area contributed by atoms with Gasteiger partial charge < -0.3 is 15.0 Å². The molecule has 1 aromatic carbocycles. The number of halogens is 1. The molecule has 0 atom stereocenters. The van der Waals surface area contributed by atoms with Gasteiger partial charge in [-0.25, -0.2) is 4.98 Å². The molecule has 1 aromatic heterocycles. The Morgan fingerprint density at radius 1 is 1.38 bits per heavy atom. The molecule has 0 aliphatic carbocycles. The molecule has 4 nitrogen and oxygen atoms in total. The van der Waals surface area contributed by atoms with Gasteiger partial charge in [0.2, 0.25) is 0 Å². The molecule has 0 fully saturated rings. The summed E-state index contributed by atoms with van der Waals surface area (Å²) in [6, 6.07) is 5.62. The Balaban J connectivity index is 2.49. The van der Waals surface area contributed by atoms with Crippen LogP contribution >= 0.6 is 11.6 Å². The number of methoxy groups -OCH3 is 1. The molecular weight excluding hydrogens is 286 g/mol. The Bertz CT molecular complexity index is 635. The molecule has 0 spiro atoms. The number of aromatic nitrogens is 2. The van der Waals surface area contributed by atoms with Crippen LogP contribution in [0.5, 0.6) is 5.75 Å². The van der Waals surface area contributed by atoms with E-state index in [1.165, 1.54) is 0 Å². The summed E-state index contributed by atoms with van der Waals surface area (Å²) in [6.07, 6.45) is 0.848. The molecule has 0 saturated heterocycles. The highest BCUT2D eigenvalue weighted by Gasteiger charge is 2.16. The standard InChI is InChI=1S/C16H22ClN3O/c1-5-14-19-15(16(18)20(14)9-10(2)3)11-6-7-13(21-4)12(17)8-11/h6-8,10H,5,9,18H2,1-4H3. The summed E-state index contributed by atoms with van der Waals surface area (Å²) in [6.45, 7) is 7.29. The summed E-state index contributed by atoms with van der Waals surface area (Å²) in [5.74, 6) is 2.86. The zero-order chi connectivity index (χ0) is 15.6. The van der Waals surface area contributed by atoms with Crippen molar-refractivity contribution < 1.29 is 4.74 Å². The minimum absolute atomic E-state index is 0.513. The molecule has 0 bridgehead atoms. The van der Waals surface area contributed by atoms with Crippen LogP contribution in [0.2, 0.25) is 5.02 Å². The molecular formula is C16H22ClN3O. The molecule has 0 radical (unpaired) electrons. The van der Waals surface area contributed by atoms with Crippen LogP contribution in [0, 0.1) is 5.92 Å². The first kappa shape index (κ1) is 15.7. The van der Waals surface area contributed by atoms with Gasteiger partial charge in [-0.05, 0) is 24.1 Å². The van der Waals surface area contributed by atoms with Crippen LogP contribution in [-0.2, 0) is 13.0 Å². The number of nitrogens with two attached hydrogens (primary N) is 1. The molecule has 2 aromatic rings. The van der Waals surface area contributed by atoms with Gasteiger partial charge in [0.25, 0.3) is 0 Å². The van der Waals surface area contributed by atoms with Crippen molar-refractivity contribution in [2.75, 3.05) is 12.8 Å². The van der Waals surface area contributed by atoms with Gasteiger partial charge in [-0.1, -0.05) is 32.4 Å². The third-order valence-electron chi connectivity index (χ3n) is 3.38. The highest BCUT2D eigenvalue weighted by Crippen LogP contribution is 2.33. The fourth-order valence-electron chi connectivity index (χ4n) is 2.38. The number of aryl methyl sites for hydroxylation is 1. The van der Waals surface area contributed by atoms with E-state index in [2.05, 4.69) is 30.3 Å². The van der Waals surface area contributed by atoms with Crippen molar-refractivity contribution in [1.29, 1.82) is 0 Å². The van der Waals surface area contributed by atoms with Gasteiger partial charge in [-0.15, -0.1) is 0 Å². The second kappa shape index (κ2) is 6.39. The maximum Gasteiger partial charge on any atom is 0.137 e. The van der Waals surface area contributed by atoms with Gasteiger partial charge in [0.1, 0.15) is 23.1 Å². The molecule has 114 valence electrons. The highest BCUT2D eigenvalue weighted by atomic mass is 35.5. The molecule has 0 aliphatic heterocycles. The lowest BCUT2D eigenvalue weighted by Crippen LogP contribution is -2.10. The van der Waals surface area contributed by atoms with E-state index >= 15 is 0 Å². The smallest absolute Gasteiger partial charge is 0.137 e. The largest absolute Gasteiger partial charge is 0.495 e. The number of hydrogen-bond acceptors (Lipinski definition) is 3. The van der Waals surface area contributed by atoms with E-state index in [4.69, 9.17) is 22.1 Å². The zero-order valence-corrected chi connectivity index (χ0v) is 13.7. The van der Waals surface area contributed by atoms with Crippen LogP contribution in [0.15, 0.2) is 18.2 Å². The molecule has 2 N–H and O–H groups in total. The number of nitrogen functional groups attached to an aromatic ring is 1. The number of imidazole rings is 1. The van der Waals surface area contributed by atoms with Gasteiger partial charge in [0, 0.05) is 18.5 Å². The Morgan fingerprint density at radius 3 is 2.62 bits per heavy atom. The summed E-state index contributed by atoms with van der Waals surface area (Å²) in [4.78, 5) is 4.69. The Hall–Kier alpha value is -1.68. The van der Waals surface area contributed by atoms with Crippen molar-refractivity contribution in [3.63, 3.8) is 0 Å². The number of rotatable bonds is 5. The van der Waals surface area contributed by atoms with Crippen molar-refractivity contribution >= 4 is 17.4 Å². The van der Waals surface area contributed by atoms with Crippen LogP contribution < -0.4 is 10.5 Å². The first-order chi connectivity index (χ1) is 9.97. The van der Waals surface area contributed by atoms with Gasteiger partial charge >= 0.3 is 0 Å². The lowest BCUT2D eigenvalue weighted by Gasteiger charge is -2.11. The molecule has 0 amide bonds. The summed E-state index contributed by atoms with van der Waals surface area (Å²) < 4.78 is 7.28. The Labute approximate surface area is 130 Å². The number of benzene rings is 1. The van der Waals surface area contributed by atoms with Crippen molar-refractivity contribution in [3.05, 3.63) is 29.0 Å². The summed E-state index contributed by atoms with van der Waals surface area (Å²) in [5.41, 5.74) is 8.01. The Morgan fingerprint density at radius 2 is 2.10 bits per heavy atom. The van der Waals surface area contributed by atoms with E-state index in [1.807, 2.05) is 18.2 Å². The van der Waals surface area contributed by atoms with Crippen LogP contribution in [0.4, 0.5) is 5.82 Å². The number of anilines is 1. The third-order valence-corrected chi connectivity index (χ3v) is 3.67. The minimum Gasteiger partial charge on any atom is -0.495 e. The van der Waals surface area contributed by atoms with E-state index in [9.17, 15) is 0 Å². The fourth-order valence-corrected chi connectivity index (χ4v) is 2.64. The van der Waals surface area contributed by atoms with Crippen molar-refractivity contribution in [3.8, 4) is 17.0 Å². The van der Waals surface area contributed by atoms with Gasteiger partial charge in [0.05, 0.1) is 12.1 Å². The van der Waals surface area contributed by atoms with Gasteiger partial charge in [0.15, 0.2) is 0 Å². The monoisotopic (exact) mass is 307 g/mol. The van der Waals surface area contributed by atoms with Crippen LogP contribution in [-0.4, -0.2) is 16.7 Å². The molecule has 21 heavy (non-hydrogen) atoms. The first-order valence-corrected chi connectivity index (χ1v) is 7.54. The van der Waals surface area contributed by atoms with Gasteiger partial charge in [-0.2, -0.15) is 0 Å². The van der Waals surface area contributed by atoms with Crippen LogP contribution in [0.1, 0.15) is 26.6 Å². The van der Waals surface area contributed by atoms with Gasteiger partial charge in [-0.3, -0.25) is 0 Å². The van der Waals surface area contributed by atoms with E-state index in [-0.39, 0.29) is 0 Å². The SMILES string of the molecule is CCc1nc(-c2ccc(OC)c(Cl)c2)c(N)n1CC(C)C. The third kappa shape index (κ3) is 3.16. The normalized spacial score (nSPS) is 11.1. The highest BCUT2D eigenvalue weighted by molar-refractivity contribution is 6.32. The quantitative estimate of drug-likeness (QED) is 0.908. The summed E-state index contributed by atoms with van der Waals surface area (Å²) in [7, 11) is 1.60. The zero-order valence-electron chi connectivity index (χ0n) is 13.0. The summed E-state index contributed by atoms with van der Waals surface area (Å²) in [5, 5.41) is 0.561. The lowest BCUT2D eigenvalue weighted by atomic mass is 10.1. The molecule has 0 unspecified atom stereocenters. The molecule has 0 aliphatic rings. The van der Waals surface area contributed by atoms with Crippen molar-refractivity contribution in [2.45, 2.75) is 33.7 Å². The average Bonchev–Trinajstić information content (AvgIpc) is 2.75. The van der Waals surface area contributed by atoms with E-state index in [0.29, 0.717) is 22.5 Å². The molecule has 5 heteroatoms. The van der Waals surface area contributed by atoms with Crippen molar-refractivity contribution in [2.24, 2.45) is 5.92 Å². The second-order valence-electron chi connectivity index (χ2n) is 5.47. The first-order valence-electron chi connectivity index (χ1n) is 7.16. The average molecular weight is 308 g/mol. The number of nitrogens with zero attached hydrogens (tertiary/aromatic N) is 2. The van der Waals surface area contributed by atoms with E-state index in [1.54, 1.807) is 7.11 Å².